The van der Waals surface area contributed by atoms with Crippen molar-refractivity contribution in [2.24, 2.45) is 0 Å². The number of benzene rings is 3. The van der Waals surface area contributed by atoms with Crippen molar-refractivity contribution in [2.75, 3.05) is 54.3 Å². The Balaban J connectivity index is 1.61. The van der Waals surface area contributed by atoms with Crippen LogP contribution in [0.1, 0.15) is 18.5 Å². The van der Waals surface area contributed by atoms with Crippen LogP contribution in [0.5, 0.6) is 5.75 Å². The lowest BCUT2D eigenvalue weighted by atomic mass is 10.1. The van der Waals surface area contributed by atoms with Gasteiger partial charge in [0.05, 0.1) is 18.5 Å². The molecule has 0 aromatic heterocycles. The zero-order valence-electron chi connectivity index (χ0n) is 20.9. The van der Waals surface area contributed by atoms with E-state index in [0.717, 1.165) is 17.0 Å². The molecule has 0 unspecified atom stereocenters. The molecule has 0 radical (unpaired) electrons. The second-order valence-electron chi connectivity index (χ2n) is 8.76. The molecular formula is C27H31ClN4O4S. The van der Waals surface area contributed by atoms with Crippen molar-refractivity contribution in [2.45, 2.75) is 17.9 Å². The van der Waals surface area contributed by atoms with Crippen molar-refractivity contribution in [3.63, 3.8) is 0 Å². The highest BCUT2D eigenvalue weighted by atomic mass is 35.5. The molecule has 10 heteroatoms. The number of carbonyl (C=O) groups excluding carboxylic acids is 1. The quantitative estimate of drug-likeness (QED) is 0.393. The molecule has 3 aromatic carbocycles. The average Bonchev–Trinajstić information content (AvgIpc) is 2.93. The van der Waals surface area contributed by atoms with Gasteiger partial charge in [-0.3, -0.25) is 4.79 Å². The Hall–Kier alpha value is -3.27. The maximum atomic E-state index is 13.7. The first-order valence-corrected chi connectivity index (χ1v) is 14.0. The first kappa shape index (κ1) is 26.8. The Bertz CT molecular complexity index is 1330. The fourth-order valence-electron chi connectivity index (χ4n) is 4.45. The number of para-hydroxylation sites is 2. The second-order valence-corrected chi connectivity index (χ2v) is 10.7. The van der Waals surface area contributed by atoms with E-state index in [1.54, 1.807) is 26.2 Å². The van der Waals surface area contributed by atoms with Gasteiger partial charge in [-0.15, -0.1) is 11.6 Å². The van der Waals surface area contributed by atoms with Gasteiger partial charge in [-0.25, -0.2) is 13.1 Å². The molecule has 2 N–H and O–H groups in total. The summed E-state index contributed by atoms with van der Waals surface area (Å²) in [7, 11) is -2.29. The number of methoxy groups -OCH3 is 1. The summed E-state index contributed by atoms with van der Waals surface area (Å²) in [5.74, 6) is 0.171. The predicted octanol–water partition coefficient (Wildman–Crippen LogP) is 4.24. The third-order valence-corrected chi connectivity index (χ3v) is 8.14. The molecule has 1 amide bonds. The number of amides is 1. The zero-order valence-corrected chi connectivity index (χ0v) is 22.4. The number of nitrogens with zero attached hydrogens (tertiary/aromatic N) is 2. The summed E-state index contributed by atoms with van der Waals surface area (Å²) in [6.07, 6.45) is 0. The molecule has 196 valence electrons. The molecule has 0 saturated carbocycles. The zero-order chi connectivity index (χ0) is 26.4. The van der Waals surface area contributed by atoms with Crippen LogP contribution in [0.2, 0.25) is 0 Å². The maximum Gasteiger partial charge on any atom is 0.243 e. The lowest BCUT2D eigenvalue weighted by Gasteiger charge is -2.38. The Morgan fingerprint density at radius 1 is 0.946 bits per heavy atom. The van der Waals surface area contributed by atoms with E-state index in [1.807, 2.05) is 54.6 Å². The van der Waals surface area contributed by atoms with Crippen LogP contribution >= 0.6 is 11.6 Å². The van der Waals surface area contributed by atoms with E-state index in [9.17, 15) is 13.2 Å². The molecule has 37 heavy (non-hydrogen) atoms. The third-order valence-electron chi connectivity index (χ3n) is 6.33. The van der Waals surface area contributed by atoms with Gasteiger partial charge in [-0.1, -0.05) is 42.5 Å². The van der Waals surface area contributed by atoms with Gasteiger partial charge >= 0.3 is 0 Å². The van der Waals surface area contributed by atoms with Crippen LogP contribution < -0.4 is 24.6 Å². The van der Waals surface area contributed by atoms with Gasteiger partial charge in [-0.2, -0.15) is 0 Å². The van der Waals surface area contributed by atoms with Crippen LogP contribution in [0.4, 0.5) is 17.1 Å². The Morgan fingerprint density at radius 2 is 1.57 bits per heavy atom. The number of halogens is 1. The van der Waals surface area contributed by atoms with E-state index < -0.39 is 22.0 Å². The number of hydrogen-bond donors (Lipinski definition) is 2. The van der Waals surface area contributed by atoms with Crippen LogP contribution in [-0.2, 0) is 14.8 Å². The minimum atomic E-state index is -3.94. The van der Waals surface area contributed by atoms with E-state index in [1.165, 1.54) is 6.07 Å². The first-order valence-electron chi connectivity index (χ1n) is 12.0. The summed E-state index contributed by atoms with van der Waals surface area (Å²) in [4.78, 5) is 16.3. The molecule has 1 heterocycles. The molecule has 8 nitrogen and oxygen atoms in total. The van der Waals surface area contributed by atoms with Crippen molar-refractivity contribution < 1.29 is 17.9 Å². The van der Waals surface area contributed by atoms with E-state index in [2.05, 4.69) is 19.8 Å². The molecule has 4 rings (SSSR count). The molecule has 1 saturated heterocycles. The Labute approximate surface area is 223 Å². The summed E-state index contributed by atoms with van der Waals surface area (Å²) in [6.45, 7) is 4.42. The third kappa shape index (κ3) is 6.36. The van der Waals surface area contributed by atoms with E-state index in [0.29, 0.717) is 37.6 Å². The number of carbonyl (C=O) groups is 1. The number of ether oxygens (including phenoxy) is 1. The topological polar surface area (TPSA) is 91.0 Å². The van der Waals surface area contributed by atoms with Crippen LogP contribution in [-0.4, -0.2) is 53.5 Å². The van der Waals surface area contributed by atoms with Gasteiger partial charge in [0, 0.05) is 37.9 Å². The number of sulfonamides is 1. The van der Waals surface area contributed by atoms with Gasteiger partial charge in [0.25, 0.3) is 0 Å². The minimum absolute atomic E-state index is 0.105. The number of hydrogen-bond acceptors (Lipinski definition) is 6. The SMILES string of the molecule is COc1ccccc1N1CCN(c2ccc(NC(=O)CCl)cc2S(=O)(=O)N[C@@H](C)c2ccccc2)CC1. The Morgan fingerprint density at radius 3 is 2.22 bits per heavy atom. The van der Waals surface area contributed by atoms with Crippen LogP contribution in [0.25, 0.3) is 0 Å². The van der Waals surface area contributed by atoms with Crippen molar-refractivity contribution in [1.82, 2.24) is 4.72 Å². The Kier molecular flexibility index (Phi) is 8.58. The largest absolute Gasteiger partial charge is 0.495 e. The minimum Gasteiger partial charge on any atom is -0.495 e. The van der Waals surface area contributed by atoms with Crippen LogP contribution in [0, 0.1) is 0 Å². The summed E-state index contributed by atoms with van der Waals surface area (Å²) in [5.41, 5.74) is 2.81. The van der Waals surface area contributed by atoms with Gasteiger partial charge < -0.3 is 19.9 Å². The molecular weight excluding hydrogens is 512 g/mol. The molecule has 3 aromatic rings. The fraction of sp³-hybridized carbons (Fsp3) is 0.296. The number of rotatable bonds is 9. The molecule has 0 aliphatic carbocycles. The molecule has 1 fully saturated rings. The lowest BCUT2D eigenvalue weighted by Crippen LogP contribution is -2.47. The predicted molar refractivity (Wildman–Crippen MR) is 148 cm³/mol. The van der Waals surface area contributed by atoms with E-state index in [-0.39, 0.29) is 10.8 Å². The highest BCUT2D eigenvalue weighted by Crippen LogP contribution is 2.33. The summed E-state index contributed by atoms with van der Waals surface area (Å²) >= 11 is 5.64. The molecule has 1 aliphatic rings. The smallest absolute Gasteiger partial charge is 0.243 e. The molecule has 1 atom stereocenters. The summed E-state index contributed by atoms with van der Waals surface area (Å²) < 4.78 is 35.6. The average molecular weight is 543 g/mol. The standard InChI is InChI=1S/C27H31ClN4O4S/c1-20(21-8-4-3-5-9-21)30-37(34,35)26-18-22(29-27(33)19-28)12-13-24(26)32-16-14-31(15-17-32)23-10-6-7-11-25(23)36-2/h3-13,18,20,30H,14-17,19H2,1-2H3,(H,29,33)/t20-/m0/s1. The molecule has 0 bridgehead atoms. The normalized spacial score (nSPS) is 14.8. The van der Waals surface area contributed by atoms with E-state index in [4.69, 9.17) is 16.3 Å². The summed E-state index contributed by atoms with van der Waals surface area (Å²) in [5, 5.41) is 2.66. The fourth-order valence-corrected chi connectivity index (χ4v) is 6.00. The van der Waals surface area contributed by atoms with Crippen molar-refractivity contribution in [3.8, 4) is 5.75 Å². The molecule has 0 spiro atoms. The number of alkyl halides is 1. The van der Waals surface area contributed by atoms with Crippen LogP contribution in [0.15, 0.2) is 77.7 Å². The molecule has 1 aliphatic heterocycles. The number of piperazine rings is 1. The lowest BCUT2D eigenvalue weighted by molar-refractivity contribution is -0.113. The first-order chi connectivity index (χ1) is 17.8. The summed E-state index contributed by atoms with van der Waals surface area (Å²) in [6, 6.07) is 21.7. The second kappa shape index (κ2) is 11.9. The highest BCUT2D eigenvalue weighted by molar-refractivity contribution is 7.89. The van der Waals surface area contributed by atoms with Gasteiger partial charge in [-0.05, 0) is 42.8 Å². The van der Waals surface area contributed by atoms with Crippen molar-refractivity contribution in [1.29, 1.82) is 0 Å². The van der Waals surface area contributed by atoms with Gasteiger partial charge in [0.1, 0.15) is 16.5 Å². The monoisotopic (exact) mass is 542 g/mol. The van der Waals surface area contributed by atoms with Gasteiger partial charge in [0.2, 0.25) is 15.9 Å². The maximum absolute atomic E-state index is 13.7. The van der Waals surface area contributed by atoms with Crippen LogP contribution in [0.3, 0.4) is 0 Å². The van der Waals surface area contributed by atoms with Crippen molar-refractivity contribution >= 4 is 44.6 Å². The number of anilines is 3. The van der Waals surface area contributed by atoms with Gasteiger partial charge in [0.15, 0.2) is 0 Å². The number of nitrogens with one attached hydrogen (secondary N) is 2. The van der Waals surface area contributed by atoms with Crippen molar-refractivity contribution in [3.05, 3.63) is 78.4 Å². The highest BCUT2D eigenvalue weighted by Gasteiger charge is 2.28. The van der Waals surface area contributed by atoms with E-state index >= 15 is 0 Å².